The lowest BCUT2D eigenvalue weighted by atomic mass is 10.1. The molecule has 0 saturated heterocycles. The summed E-state index contributed by atoms with van der Waals surface area (Å²) in [6.07, 6.45) is 0.363. The van der Waals surface area contributed by atoms with Gasteiger partial charge in [0, 0.05) is 16.8 Å². The minimum absolute atomic E-state index is 0.198. The quantitative estimate of drug-likeness (QED) is 0.411. The Labute approximate surface area is 168 Å². The zero-order valence-electron chi connectivity index (χ0n) is 16.5. The molecule has 0 aliphatic heterocycles. The Morgan fingerprint density at radius 1 is 1.17 bits per heavy atom. The van der Waals surface area contributed by atoms with Gasteiger partial charge in [0.05, 0.1) is 5.69 Å². The molecule has 2 N–H and O–H groups in total. The molecule has 0 bridgehead atoms. The van der Waals surface area contributed by atoms with Gasteiger partial charge in [0.15, 0.2) is 6.10 Å². The molecule has 0 radical (unpaired) electrons. The van der Waals surface area contributed by atoms with E-state index in [1.807, 2.05) is 50.2 Å². The van der Waals surface area contributed by atoms with Crippen molar-refractivity contribution in [3.05, 3.63) is 71.1 Å². The van der Waals surface area contributed by atoms with E-state index in [0.717, 1.165) is 33.4 Å². The molecule has 0 aliphatic carbocycles. The number of nitrogens with zero attached hydrogens (tertiary/aromatic N) is 2. The summed E-state index contributed by atoms with van der Waals surface area (Å²) in [6, 6.07) is 17.9. The highest BCUT2D eigenvalue weighted by atomic mass is 16.5. The van der Waals surface area contributed by atoms with Gasteiger partial charge in [0.1, 0.15) is 11.6 Å². The number of amides is 1. The molecular weight excluding hydrogens is 366 g/mol. The predicted octanol–water partition coefficient (Wildman–Crippen LogP) is 3.57. The number of benzene rings is 2. The maximum Gasteiger partial charge on any atom is 0.349 e. The van der Waals surface area contributed by atoms with Crippen LogP contribution in [-0.2, 0) is 14.3 Å². The van der Waals surface area contributed by atoms with Crippen LogP contribution in [0.15, 0.2) is 54.1 Å². The molecule has 3 aromatic rings. The van der Waals surface area contributed by atoms with Crippen LogP contribution in [0.1, 0.15) is 23.9 Å². The van der Waals surface area contributed by atoms with E-state index in [4.69, 9.17) is 10.5 Å². The third-order valence-corrected chi connectivity index (χ3v) is 4.80. The minimum Gasteiger partial charge on any atom is -0.448 e. The summed E-state index contributed by atoms with van der Waals surface area (Å²) in [5.41, 5.74) is 8.49. The molecular formula is C23H21N3O3. The van der Waals surface area contributed by atoms with E-state index in [1.54, 1.807) is 0 Å². The minimum atomic E-state index is -1.11. The van der Waals surface area contributed by atoms with Crippen LogP contribution < -0.4 is 5.73 Å². The molecule has 146 valence electrons. The Kier molecular flexibility index (Phi) is 5.51. The summed E-state index contributed by atoms with van der Waals surface area (Å²) in [7, 11) is 0. The molecule has 0 saturated carbocycles. The lowest BCUT2D eigenvalue weighted by Crippen LogP contribution is -2.30. The van der Waals surface area contributed by atoms with Crippen molar-refractivity contribution in [2.45, 2.75) is 26.9 Å². The van der Waals surface area contributed by atoms with E-state index in [-0.39, 0.29) is 5.57 Å². The number of primary amides is 1. The number of nitrogens with two attached hydrogens (primary N) is 1. The number of fused-ring (bicyclic) bond motifs is 1. The Morgan fingerprint density at radius 3 is 2.55 bits per heavy atom. The topological polar surface area (TPSA) is 98.1 Å². The van der Waals surface area contributed by atoms with Gasteiger partial charge in [-0.25, -0.2) is 4.79 Å². The summed E-state index contributed by atoms with van der Waals surface area (Å²) in [6.45, 7) is 5.25. The van der Waals surface area contributed by atoms with E-state index < -0.39 is 18.0 Å². The Balaban J connectivity index is 2.05. The molecule has 2 aromatic carbocycles. The molecule has 0 fully saturated rings. The van der Waals surface area contributed by atoms with Crippen LogP contribution in [0.25, 0.3) is 22.5 Å². The van der Waals surface area contributed by atoms with Crippen LogP contribution >= 0.6 is 0 Å². The average Bonchev–Trinajstić information content (AvgIpc) is 2.98. The molecule has 0 aliphatic rings. The smallest absolute Gasteiger partial charge is 0.349 e. The van der Waals surface area contributed by atoms with Gasteiger partial charge in [-0.2, -0.15) is 5.26 Å². The number of carbonyl (C=O) groups is 2. The van der Waals surface area contributed by atoms with Gasteiger partial charge < -0.3 is 15.0 Å². The van der Waals surface area contributed by atoms with Crippen molar-refractivity contribution in [1.82, 2.24) is 4.57 Å². The first kappa shape index (κ1) is 19.9. The zero-order valence-corrected chi connectivity index (χ0v) is 16.5. The Hall–Kier alpha value is -3.85. The van der Waals surface area contributed by atoms with Gasteiger partial charge in [-0.3, -0.25) is 4.79 Å². The summed E-state index contributed by atoms with van der Waals surface area (Å²) in [4.78, 5) is 23.3. The number of carbonyl (C=O) groups excluding carboxylic acids is 2. The second-order valence-corrected chi connectivity index (χ2v) is 6.78. The highest BCUT2D eigenvalue weighted by Gasteiger charge is 2.19. The third-order valence-electron chi connectivity index (χ3n) is 4.80. The first-order valence-electron chi connectivity index (χ1n) is 9.12. The molecule has 1 unspecified atom stereocenters. The Bertz CT molecular complexity index is 1180. The van der Waals surface area contributed by atoms with E-state index in [9.17, 15) is 14.9 Å². The number of nitriles is 1. The molecule has 1 heterocycles. The normalized spacial score (nSPS) is 12.4. The number of aryl methyl sites for hydroxylation is 1. The molecule has 1 aromatic heterocycles. The number of ether oxygens (including phenoxy) is 1. The fraction of sp³-hybridized carbons (Fsp3) is 0.174. The van der Waals surface area contributed by atoms with Crippen LogP contribution in [0, 0.1) is 25.2 Å². The zero-order chi connectivity index (χ0) is 21.1. The van der Waals surface area contributed by atoms with Crippen LogP contribution in [-0.4, -0.2) is 22.5 Å². The molecule has 1 amide bonds. The van der Waals surface area contributed by atoms with Crippen LogP contribution in [0.2, 0.25) is 0 Å². The van der Waals surface area contributed by atoms with E-state index in [0.29, 0.717) is 0 Å². The monoisotopic (exact) mass is 387 g/mol. The van der Waals surface area contributed by atoms with Crippen molar-refractivity contribution in [2.24, 2.45) is 5.73 Å². The number of rotatable bonds is 5. The first-order chi connectivity index (χ1) is 13.8. The number of esters is 1. The van der Waals surface area contributed by atoms with Gasteiger partial charge in [-0.1, -0.05) is 36.4 Å². The van der Waals surface area contributed by atoms with Crippen molar-refractivity contribution < 1.29 is 14.3 Å². The second-order valence-electron chi connectivity index (χ2n) is 6.78. The van der Waals surface area contributed by atoms with Gasteiger partial charge in [-0.15, -0.1) is 0 Å². The molecule has 6 nitrogen and oxygen atoms in total. The summed E-state index contributed by atoms with van der Waals surface area (Å²) >= 11 is 0. The standard InChI is InChI=1S/C23H21N3O3/c1-14-11-18(12-19(13-24)23(28)29-16(3)22(25)27)15(2)26(14)21-10-6-8-17-7-4-5-9-20(17)21/h4-12,16H,1-3H3,(H2,25,27). The van der Waals surface area contributed by atoms with Crippen molar-refractivity contribution in [3.63, 3.8) is 0 Å². The number of hydrogen-bond acceptors (Lipinski definition) is 4. The molecule has 0 spiro atoms. The van der Waals surface area contributed by atoms with E-state index in [2.05, 4.69) is 22.8 Å². The fourth-order valence-corrected chi connectivity index (χ4v) is 3.28. The largest absolute Gasteiger partial charge is 0.448 e. The molecule has 3 rings (SSSR count). The highest BCUT2D eigenvalue weighted by Crippen LogP contribution is 2.28. The second kappa shape index (κ2) is 8.03. The lowest BCUT2D eigenvalue weighted by Gasteiger charge is -2.13. The van der Waals surface area contributed by atoms with E-state index >= 15 is 0 Å². The molecule has 6 heteroatoms. The number of aromatic nitrogens is 1. The maximum absolute atomic E-state index is 12.2. The Morgan fingerprint density at radius 2 is 1.86 bits per heavy atom. The van der Waals surface area contributed by atoms with Gasteiger partial charge in [-0.05, 0) is 49.9 Å². The van der Waals surface area contributed by atoms with Gasteiger partial charge in [0.2, 0.25) is 0 Å². The molecule has 1 atom stereocenters. The highest BCUT2D eigenvalue weighted by molar-refractivity contribution is 5.99. The summed E-state index contributed by atoms with van der Waals surface area (Å²) < 4.78 is 7.03. The average molecular weight is 387 g/mol. The lowest BCUT2D eigenvalue weighted by molar-refractivity contribution is -0.149. The van der Waals surface area contributed by atoms with Gasteiger partial charge in [0.25, 0.3) is 5.91 Å². The maximum atomic E-state index is 12.2. The predicted molar refractivity (Wildman–Crippen MR) is 111 cm³/mol. The third kappa shape index (κ3) is 3.90. The van der Waals surface area contributed by atoms with Crippen LogP contribution in [0.3, 0.4) is 0 Å². The van der Waals surface area contributed by atoms with Crippen molar-refractivity contribution in [2.75, 3.05) is 0 Å². The fourth-order valence-electron chi connectivity index (χ4n) is 3.28. The van der Waals surface area contributed by atoms with Crippen LogP contribution in [0.5, 0.6) is 0 Å². The number of hydrogen-bond donors (Lipinski definition) is 1. The summed E-state index contributed by atoms with van der Waals surface area (Å²) in [5, 5.41) is 11.6. The summed E-state index contributed by atoms with van der Waals surface area (Å²) in [5.74, 6) is -1.65. The first-order valence-corrected chi connectivity index (χ1v) is 9.12. The van der Waals surface area contributed by atoms with E-state index in [1.165, 1.54) is 13.0 Å². The van der Waals surface area contributed by atoms with Crippen molar-refractivity contribution in [3.8, 4) is 11.8 Å². The van der Waals surface area contributed by atoms with Crippen molar-refractivity contribution in [1.29, 1.82) is 5.26 Å². The molecule has 29 heavy (non-hydrogen) atoms. The SMILES string of the molecule is Cc1cc(C=C(C#N)C(=O)OC(C)C(N)=O)c(C)n1-c1cccc2ccccc12. The van der Waals surface area contributed by atoms with Crippen molar-refractivity contribution >= 4 is 28.7 Å². The van der Waals surface area contributed by atoms with Crippen LogP contribution in [0.4, 0.5) is 0 Å². The van der Waals surface area contributed by atoms with Gasteiger partial charge >= 0.3 is 5.97 Å².